The minimum Gasteiger partial charge on any atom is -0.274 e. The van der Waals surface area contributed by atoms with Crippen molar-refractivity contribution in [1.82, 2.24) is 9.80 Å². The monoisotopic (exact) mass is 1340 g/mol. The molecule has 2 aliphatic rings. The highest BCUT2D eigenvalue weighted by Gasteiger charge is 2.46. The zero-order valence-electron chi connectivity index (χ0n) is 58.4. The summed E-state index contributed by atoms with van der Waals surface area (Å²) in [5.41, 5.74) is 1.98. The van der Waals surface area contributed by atoms with Gasteiger partial charge >= 0.3 is 0 Å². The van der Waals surface area contributed by atoms with Crippen LogP contribution in [0.15, 0.2) is 72.8 Å². The van der Waals surface area contributed by atoms with E-state index in [2.05, 4.69) is 100 Å². The normalized spacial score (nSPS) is 14.1. The molecule has 0 fully saturated rings. The predicted molar refractivity (Wildman–Crippen MR) is 411 cm³/mol. The summed E-state index contributed by atoms with van der Waals surface area (Å²) in [6.07, 6.45) is 51.9. The van der Waals surface area contributed by atoms with E-state index in [4.69, 9.17) is 0 Å². The minimum absolute atomic E-state index is 0.168. The number of hydrogen-bond donors (Lipinski definition) is 0. The van der Waals surface area contributed by atoms with Crippen LogP contribution in [0.5, 0.6) is 0 Å². The first-order chi connectivity index (χ1) is 46.2. The molecule has 2 aliphatic heterocycles. The second kappa shape index (κ2) is 37.8. The highest BCUT2D eigenvalue weighted by Crippen LogP contribution is 2.54. The van der Waals surface area contributed by atoms with Gasteiger partial charge in [0.25, 0.3) is 23.6 Å². The van der Waals surface area contributed by atoms with Crippen molar-refractivity contribution in [3.05, 3.63) is 95.1 Å². The van der Waals surface area contributed by atoms with Crippen molar-refractivity contribution in [3.63, 3.8) is 0 Å². The van der Waals surface area contributed by atoms with E-state index in [1.807, 2.05) is 0 Å². The first-order valence-electron chi connectivity index (χ1n) is 38.5. The molecular formula is C84H114N2O4S4. The topological polar surface area (TPSA) is 74.8 Å². The third-order valence-corrected chi connectivity index (χ3v) is 26.1. The zero-order chi connectivity index (χ0) is 65.4. The maximum Gasteiger partial charge on any atom is 0.262 e. The Labute approximate surface area is 581 Å². The molecule has 0 saturated carbocycles. The number of carbonyl (C=O) groups is 4. The molecule has 0 N–H and O–H groups in total. The van der Waals surface area contributed by atoms with E-state index in [0.29, 0.717) is 46.1 Å². The Morgan fingerprint density at radius 1 is 0.298 bits per heavy atom. The Hall–Kier alpha value is -4.74. The largest absolute Gasteiger partial charge is 0.274 e. The predicted octanol–water partition coefficient (Wildman–Crippen LogP) is 27.9. The molecule has 0 bridgehead atoms. The lowest BCUT2D eigenvalue weighted by Gasteiger charge is -2.35. The van der Waals surface area contributed by atoms with Gasteiger partial charge in [-0.15, -0.1) is 45.3 Å². The molecule has 0 saturated heterocycles. The van der Waals surface area contributed by atoms with Gasteiger partial charge in [-0.3, -0.25) is 29.0 Å². The van der Waals surface area contributed by atoms with Crippen LogP contribution < -0.4 is 0 Å². The Balaban J connectivity index is 1.03. The Kier molecular flexibility index (Phi) is 29.0. The number of rotatable bonds is 48. The number of carbonyl (C=O) groups excluding carboxylic acids is 4. The lowest BCUT2D eigenvalue weighted by molar-refractivity contribution is 0.0560. The van der Waals surface area contributed by atoms with Crippen LogP contribution in [0, 0.1) is 11.8 Å². The maximum atomic E-state index is 16.3. The molecule has 0 spiro atoms. The van der Waals surface area contributed by atoms with Crippen LogP contribution in [0.4, 0.5) is 0 Å². The number of imide groups is 2. The van der Waals surface area contributed by atoms with Crippen LogP contribution in [-0.4, -0.2) is 46.5 Å². The van der Waals surface area contributed by atoms with E-state index in [1.54, 1.807) is 55.1 Å². The van der Waals surface area contributed by atoms with Gasteiger partial charge in [0.2, 0.25) is 0 Å². The quantitative estimate of drug-likeness (QED) is 0.0281. The van der Waals surface area contributed by atoms with E-state index >= 15 is 19.2 Å². The number of unbranched alkanes of at least 4 members (excludes halogenated alkanes) is 34. The number of amides is 4. The van der Waals surface area contributed by atoms with E-state index < -0.39 is 0 Å². The fourth-order valence-corrected chi connectivity index (χ4v) is 20.3. The maximum absolute atomic E-state index is 16.3. The summed E-state index contributed by atoms with van der Waals surface area (Å²) in [5, 5.41) is 4.83. The van der Waals surface area contributed by atoms with Crippen molar-refractivity contribution in [3.8, 4) is 19.5 Å². The van der Waals surface area contributed by atoms with Crippen LogP contribution >= 0.6 is 45.3 Å². The second-order valence-corrected chi connectivity index (χ2v) is 32.9. The Bertz CT molecular complexity index is 3300. The summed E-state index contributed by atoms with van der Waals surface area (Å²) in [7, 11) is 0. The van der Waals surface area contributed by atoms with E-state index in [-0.39, 0.29) is 35.5 Å². The van der Waals surface area contributed by atoms with Gasteiger partial charge in [-0.2, -0.15) is 0 Å². The van der Waals surface area contributed by atoms with Crippen molar-refractivity contribution in [2.24, 2.45) is 11.8 Å². The van der Waals surface area contributed by atoms with Crippen LogP contribution in [0.1, 0.15) is 339 Å². The number of thiophene rings is 4. The molecule has 6 nitrogen and oxygen atoms in total. The van der Waals surface area contributed by atoms with Gasteiger partial charge in [-0.1, -0.05) is 308 Å². The fourth-order valence-electron chi connectivity index (χ4n) is 15.6. The molecule has 10 rings (SSSR count). The molecule has 508 valence electrons. The van der Waals surface area contributed by atoms with E-state index in [1.165, 1.54) is 228 Å². The molecular weight excluding hydrogens is 1230 g/mol. The van der Waals surface area contributed by atoms with Gasteiger partial charge in [0.15, 0.2) is 0 Å². The van der Waals surface area contributed by atoms with Crippen LogP contribution in [0.25, 0.3) is 70.6 Å². The van der Waals surface area contributed by atoms with Crippen LogP contribution in [0.2, 0.25) is 0 Å². The van der Waals surface area contributed by atoms with Gasteiger partial charge in [0.05, 0.1) is 22.3 Å². The second-order valence-electron chi connectivity index (χ2n) is 28.6. The number of benzene rings is 4. The average molecular weight is 1340 g/mol. The smallest absolute Gasteiger partial charge is 0.262 e. The summed E-state index contributed by atoms with van der Waals surface area (Å²) < 4.78 is 3.88. The highest BCUT2D eigenvalue weighted by atomic mass is 32.1. The van der Waals surface area contributed by atoms with Crippen molar-refractivity contribution in [1.29, 1.82) is 0 Å². The molecule has 0 aliphatic carbocycles. The summed E-state index contributed by atoms with van der Waals surface area (Å²) in [6.45, 7) is 9.87. The van der Waals surface area contributed by atoms with Crippen LogP contribution in [0.3, 0.4) is 0 Å². The number of hydrogen-bond acceptors (Lipinski definition) is 8. The summed E-state index contributed by atoms with van der Waals surface area (Å²) in [6, 6.07) is 25.8. The Morgan fingerprint density at radius 3 is 0.840 bits per heavy atom. The summed E-state index contributed by atoms with van der Waals surface area (Å²) in [4.78, 5) is 72.5. The highest BCUT2D eigenvalue weighted by molar-refractivity contribution is 7.29. The molecule has 10 heteroatoms. The van der Waals surface area contributed by atoms with Crippen molar-refractivity contribution < 1.29 is 19.2 Å². The zero-order valence-corrected chi connectivity index (χ0v) is 61.6. The standard InChI is InChI=1S/C84H114N2O4S4/c1-5-9-13-17-21-25-27-29-33-37-41-49-61(47-39-35-31-23-19-15-11-7-3)59-85-81(87)73-65-57-71(69-55-63-51-43-45-53-67(63)91-69)94-80(65)78-76-74(66-58-72(93-79(66)77(75(73)76)83(85)89)70-56-64-52-44-46-54-68(64)92-70)82(88)86(84(78)90)60-62(48-40-36-32-24-20-16-12-8-4)50-42-38-34-30-28-26-22-18-14-10-6-2/h43-46,51-58,61-62H,5-42,47-50,59-60H2,1-4H3. The molecule has 94 heavy (non-hydrogen) atoms. The lowest BCUT2D eigenvalue weighted by atomic mass is 9.82. The summed E-state index contributed by atoms with van der Waals surface area (Å²) >= 11 is 6.65. The van der Waals surface area contributed by atoms with Gasteiger partial charge < -0.3 is 0 Å². The van der Waals surface area contributed by atoms with Crippen LogP contribution in [-0.2, 0) is 0 Å². The molecule has 4 aromatic carbocycles. The summed E-state index contributed by atoms with van der Waals surface area (Å²) in [5.74, 6) is -0.766. The van der Waals surface area contributed by atoms with Gasteiger partial charge in [-0.25, -0.2) is 0 Å². The third-order valence-electron chi connectivity index (χ3n) is 21.1. The molecule has 8 aromatic rings. The lowest BCUT2D eigenvalue weighted by Crippen LogP contribution is -2.46. The molecule has 6 heterocycles. The molecule has 2 unspecified atom stereocenters. The Morgan fingerprint density at radius 2 is 0.553 bits per heavy atom. The van der Waals surface area contributed by atoms with Crippen molar-refractivity contribution in [2.45, 2.75) is 297 Å². The first-order valence-corrected chi connectivity index (χ1v) is 41.7. The van der Waals surface area contributed by atoms with Crippen molar-refractivity contribution in [2.75, 3.05) is 13.1 Å². The molecule has 0 radical (unpaired) electrons. The first kappa shape index (κ1) is 72.0. The van der Waals surface area contributed by atoms with Gasteiger partial charge in [0.1, 0.15) is 0 Å². The number of fused-ring (bicyclic) bond motifs is 8. The number of nitrogens with zero attached hydrogens (tertiary/aromatic N) is 2. The molecule has 4 amide bonds. The minimum atomic E-state index is -0.277. The molecule has 4 aromatic heterocycles. The SMILES string of the molecule is CCCCCCCCCCCCCC(CCCCCCCCCC)CN1C(=O)c2c3cc(-c4cc5ccccc5s4)sc3c3c4c(c5cc(-c6cc7ccccc7s6)sc5c(c24)C1=O)C(=O)N(CC(CCCCCCCCCC)CCCCCCCCCCCCC)C3=O. The molecule has 2 atom stereocenters. The van der Waals surface area contributed by atoms with E-state index in [0.717, 1.165) is 102 Å². The van der Waals surface area contributed by atoms with E-state index in [9.17, 15) is 0 Å². The van der Waals surface area contributed by atoms with Gasteiger partial charge in [-0.05, 0) is 84.7 Å². The average Bonchev–Trinajstić information content (AvgIpc) is 1.37. The fraction of sp³-hybridized carbons (Fsp3) is 0.595. The van der Waals surface area contributed by atoms with Crippen molar-refractivity contribution >= 4 is 120 Å². The third kappa shape index (κ3) is 18.5. The van der Waals surface area contributed by atoms with Gasteiger partial charge in [0, 0.05) is 72.9 Å².